The van der Waals surface area contributed by atoms with E-state index in [1.54, 1.807) is 0 Å². The highest BCUT2D eigenvalue weighted by molar-refractivity contribution is 5.81. The van der Waals surface area contributed by atoms with Gasteiger partial charge in [0.15, 0.2) is 0 Å². The van der Waals surface area contributed by atoms with E-state index in [1.807, 2.05) is 43.9 Å². The Morgan fingerprint density at radius 2 is 1.81 bits per heavy atom. The van der Waals surface area contributed by atoms with E-state index in [4.69, 9.17) is 4.74 Å². The zero-order valence-electron chi connectivity index (χ0n) is 13.5. The van der Waals surface area contributed by atoms with Crippen molar-refractivity contribution in [3.8, 4) is 0 Å². The first-order chi connectivity index (χ1) is 9.97. The lowest BCUT2D eigenvalue weighted by Crippen LogP contribution is -2.44. The minimum absolute atomic E-state index is 0.267. The summed E-state index contributed by atoms with van der Waals surface area (Å²) >= 11 is 0. The molecule has 3 nitrogen and oxygen atoms in total. The number of likely N-dealkylation sites (tertiary alicyclic amines) is 1. The van der Waals surface area contributed by atoms with Crippen LogP contribution in [-0.2, 0) is 16.1 Å². The van der Waals surface area contributed by atoms with Gasteiger partial charge in [-0.2, -0.15) is 0 Å². The van der Waals surface area contributed by atoms with E-state index in [0.717, 1.165) is 32.5 Å². The van der Waals surface area contributed by atoms with Gasteiger partial charge in [0.2, 0.25) is 5.91 Å². The van der Waals surface area contributed by atoms with Gasteiger partial charge in [0.05, 0.1) is 6.61 Å². The zero-order chi connectivity index (χ0) is 15.3. The summed E-state index contributed by atoms with van der Waals surface area (Å²) in [6.45, 7) is 9.19. The number of carbonyl (C=O) groups excluding carboxylic acids is 1. The third kappa shape index (κ3) is 4.85. The molecule has 0 bridgehead atoms. The number of carbonyl (C=O) groups is 1. The second kappa shape index (κ2) is 7.08. The quantitative estimate of drug-likeness (QED) is 0.849. The van der Waals surface area contributed by atoms with Crippen LogP contribution in [0.3, 0.4) is 0 Å². The predicted octanol–water partition coefficient (Wildman–Crippen LogP) is 3.49. The Hall–Kier alpha value is -1.35. The van der Waals surface area contributed by atoms with Crippen molar-refractivity contribution in [3.05, 3.63) is 35.9 Å². The zero-order valence-corrected chi connectivity index (χ0v) is 13.5. The fraction of sp³-hybridized carbons (Fsp3) is 0.611. The second-order valence-corrected chi connectivity index (χ2v) is 6.99. The number of nitrogens with zero attached hydrogens (tertiary/aromatic N) is 1. The fourth-order valence-electron chi connectivity index (χ4n) is 2.69. The molecule has 1 aliphatic rings. The van der Waals surface area contributed by atoms with E-state index in [0.29, 0.717) is 12.5 Å². The maximum absolute atomic E-state index is 12.2. The largest absolute Gasteiger partial charge is 0.376 e. The van der Waals surface area contributed by atoms with E-state index in [1.165, 1.54) is 5.56 Å². The summed E-state index contributed by atoms with van der Waals surface area (Å²) in [7, 11) is 0. The van der Waals surface area contributed by atoms with Gasteiger partial charge in [-0.25, -0.2) is 0 Å². The van der Waals surface area contributed by atoms with Crippen molar-refractivity contribution in [2.45, 2.75) is 40.2 Å². The van der Waals surface area contributed by atoms with Crippen LogP contribution in [0.2, 0.25) is 0 Å². The third-order valence-electron chi connectivity index (χ3n) is 4.01. The van der Waals surface area contributed by atoms with Gasteiger partial charge in [-0.05, 0) is 24.3 Å². The Balaban J connectivity index is 1.69. The average molecular weight is 289 g/mol. The second-order valence-electron chi connectivity index (χ2n) is 6.99. The number of hydrogen-bond donors (Lipinski definition) is 0. The first-order valence-electron chi connectivity index (χ1n) is 7.88. The van der Waals surface area contributed by atoms with Crippen LogP contribution < -0.4 is 0 Å². The molecule has 0 spiro atoms. The van der Waals surface area contributed by atoms with Crippen molar-refractivity contribution in [2.75, 3.05) is 19.7 Å². The molecule has 1 aliphatic heterocycles. The van der Waals surface area contributed by atoms with Crippen molar-refractivity contribution >= 4 is 5.91 Å². The standard InChI is InChI=1S/C18H27NO2/c1-18(2,3)17(20)19-11-9-16(10-12-19)14-21-13-15-7-5-4-6-8-15/h4-8,16H,9-14H2,1-3H3. The summed E-state index contributed by atoms with van der Waals surface area (Å²) in [6, 6.07) is 10.3. The highest BCUT2D eigenvalue weighted by Gasteiger charge is 2.30. The number of ether oxygens (including phenoxy) is 1. The van der Waals surface area contributed by atoms with Crippen LogP contribution in [-0.4, -0.2) is 30.5 Å². The Morgan fingerprint density at radius 3 is 2.38 bits per heavy atom. The molecule has 1 amide bonds. The van der Waals surface area contributed by atoms with Gasteiger partial charge in [0.1, 0.15) is 0 Å². The maximum Gasteiger partial charge on any atom is 0.227 e. The van der Waals surface area contributed by atoms with Crippen LogP contribution in [0.4, 0.5) is 0 Å². The van der Waals surface area contributed by atoms with Crippen LogP contribution in [0.5, 0.6) is 0 Å². The average Bonchev–Trinajstić information content (AvgIpc) is 2.47. The number of piperidine rings is 1. The maximum atomic E-state index is 12.2. The highest BCUT2D eigenvalue weighted by Crippen LogP contribution is 2.23. The number of hydrogen-bond acceptors (Lipinski definition) is 2. The van der Waals surface area contributed by atoms with Crippen LogP contribution in [0.1, 0.15) is 39.2 Å². The molecular formula is C18H27NO2. The topological polar surface area (TPSA) is 29.5 Å². The van der Waals surface area contributed by atoms with E-state index in [9.17, 15) is 4.79 Å². The van der Waals surface area contributed by atoms with Crippen molar-refractivity contribution in [1.29, 1.82) is 0 Å². The molecule has 116 valence electrons. The lowest BCUT2D eigenvalue weighted by atomic mass is 9.91. The molecule has 1 saturated heterocycles. The molecule has 0 aromatic heterocycles. The summed E-state index contributed by atoms with van der Waals surface area (Å²) in [5, 5.41) is 0. The molecule has 0 radical (unpaired) electrons. The number of rotatable bonds is 4. The lowest BCUT2D eigenvalue weighted by molar-refractivity contribution is -0.141. The summed E-state index contributed by atoms with van der Waals surface area (Å²) in [5.41, 5.74) is 0.953. The molecule has 21 heavy (non-hydrogen) atoms. The number of benzene rings is 1. The smallest absolute Gasteiger partial charge is 0.227 e. The van der Waals surface area contributed by atoms with Gasteiger partial charge < -0.3 is 9.64 Å². The molecule has 2 rings (SSSR count). The summed E-state index contributed by atoms with van der Waals surface area (Å²) in [4.78, 5) is 14.2. The highest BCUT2D eigenvalue weighted by atomic mass is 16.5. The SMILES string of the molecule is CC(C)(C)C(=O)N1CCC(COCc2ccccc2)CC1. The van der Waals surface area contributed by atoms with Gasteiger partial charge in [-0.15, -0.1) is 0 Å². The van der Waals surface area contributed by atoms with Gasteiger partial charge in [-0.3, -0.25) is 4.79 Å². The Bertz CT molecular complexity index is 442. The predicted molar refractivity (Wildman–Crippen MR) is 84.9 cm³/mol. The summed E-state index contributed by atoms with van der Waals surface area (Å²) < 4.78 is 5.82. The molecule has 1 heterocycles. The fourth-order valence-corrected chi connectivity index (χ4v) is 2.69. The monoisotopic (exact) mass is 289 g/mol. The summed E-state index contributed by atoms with van der Waals surface area (Å²) in [6.07, 6.45) is 2.10. The summed E-state index contributed by atoms with van der Waals surface area (Å²) in [5.74, 6) is 0.851. The molecular weight excluding hydrogens is 262 g/mol. The van der Waals surface area contributed by atoms with Crippen LogP contribution >= 0.6 is 0 Å². The van der Waals surface area contributed by atoms with Gasteiger partial charge >= 0.3 is 0 Å². The van der Waals surface area contributed by atoms with Gasteiger partial charge in [0.25, 0.3) is 0 Å². The van der Waals surface area contributed by atoms with Crippen molar-refractivity contribution in [3.63, 3.8) is 0 Å². The van der Waals surface area contributed by atoms with Gasteiger partial charge in [0, 0.05) is 25.1 Å². The van der Waals surface area contributed by atoms with Crippen LogP contribution in [0.15, 0.2) is 30.3 Å². The Labute approximate surface area is 128 Å². The van der Waals surface area contributed by atoms with Crippen molar-refractivity contribution in [2.24, 2.45) is 11.3 Å². The molecule has 0 unspecified atom stereocenters. The Kier molecular flexibility index (Phi) is 5.40. The first kappa shape index (κ1) is 16.0. The molecule has 3 heteroatoms. The molecule has 0 atom stereocenters. The molecule has 0 N–H and O–H groups in total. The molecule has 0 aliphatic carbocycles. The molecule has 1 aromatic carbocycles. The molecule has 0 saturated carbocycles. The van der Waals surface area contributed by atoms with E-state index < -0.39 is 0 Å². The van der Waals surface area contributed by atoms with Crippen molar-refractivity contribution in [1.82, 2.24) is 4.90 Å². The molecule has 1 fully saturated rings. The lowest BCUT2D eigenvalue weighted by Gasteiger charge is -2.35. The Morgan fingerprint density at radius 1 is 1.19 bits per heavy atom. The van der Waals surface area contributed by atoms with Crippen molar-refractivity contribution < 1.29 is 9.53 Å². The first-order valence-corrected chi connectivity index (χ1v) is 7.88. The minimum Gasteiger partial charge on any atom is -0.376 e. The third-order valence-corrected chi connectivity index (χ3v) is 4.01. The van der Waals surface area contributed by atoms with Gasteiger partial charge in [-0.1, -0.05) is 51.1 Å². The minimum atomic E-state index is -0.267. The van der Waals surface area contributed by atoms with E-state index in [2.05, 4.69) is 12.1 Å². The van der Waals surface area contributed by atoms with Crippen LogP contribution in [0, 0.1) is 11.3 Å². The normalized spacial score (nSPS) is 17.0. The van der Waals surface area contributed by atoms with E-state index in [-0.39, 0.29) is 11.3 Å². The number of amides is 1. The molecule has 1 aromatic rings. The van der Waals surface area contributed by atoms with Crippen LogP contribution in [0.25, 0.3) is 0 Å². The van der Waals surface area contributed by atoms with E-state index >= 15 is 0 Å².